The van der Waals surface area contributed by atoms with Crippen molar-refractivity contribution in [2.45, 2.75) is 20.0 Å². The third-order valence-corrected chi connectivity index (χ3v) is 2.89. The number of nitrogens with zero attached hydrogens (tertiary/aromatic N) is 4. The molecule has 0 unspecified atom stereocenters. The van der Waals surface area contributed by atoms with Crippen LogP contribution in [0.2, 0.25) is 0 Å². The van der Waals surface area contributed by atoms with Crippen molar-refractivity contribution in [3.63, 3.8) is 0 Å². The maximum Gasteiger partial charge on any atom is 0.243 e. The number of hydrogen-bond acceptors (Lipinski definition) is 5. The van der Waals surface area contributed by atoms with Gasteiger partial charge in [0.05, 0.1) is 12.7 Å². The van der Waals surface area contributed by atoms with Crippen LogP contribution in [0.4, 0.5) is 0 Å². The number of carbonyl (C=O) groups excluding carboxylic acids is 1. The molecule has 0 spiro atoms. The van der Waals surface area contributed by atoms with Crippen LogP contribution in [0.3, 0.4) is 0 Å². The Kier molecular flexibility index (Phi) is 2.54. The van der Waals surface area contributed by atoms with Gasteiger partial charge in [-0.3, -0.25) is 9.48 Å². The predicted molar refractivity (Wildman–Crippen MR) is 65.2 cm³/mol. The number of aromatic nitrogens is 4. The largest absolute Gasteiger partial charge is 0.444 e. The Morgan fingerprint density at radius 1 is 1.47 bits per heavy atom. The van der Waals surface area contributed by atoms with Gasteiger partial charge in [0.25, 0.3) is 0 Å². The summed E-state index contributed by atoms with van der Waals surface area (Å²) in [5, 5.41) is 4.05. The molecular weight excluding hydrogens is 248 g/mol. The van der Waals surface area contributed by atoms with Crippen LogP contribution in [0.1, 0.15) is 6.92 Å². The molecule has 96 valence electrons. The van der Waals surface area contributed by atoms with E-state index in [0.29, 0.717) is 18.1 Å². The summed E-state index contributed by atoms with van der Waals surface area (Å²) in [5.41, 5.74) is 0.0932. The van der Waals surface area contributed by atoms with E-state index in [1.807, 2.05) is 10.8 Å². The van der Waals surface area contributed by atoms with Gasteiger partial charge < -0.3 is 9.30 Å². The second kappa shape index (κ2) is 4.22. The first-order valence-corrected chi connectivity index (χ1v) is 5.72. The van der Waals surface area contributed by atoms with Crippen molar-refractivity contribution in [1.82, 2.24) is 19.3 Å². The molecule has 3 heterocycles. The zero-order valence-corrected chi connectivity index (χ0v) is 10.2. The Labute approximate surface area is 107 Å². The fraction of sp³-hybridized carbons (Fsp3) is 0.250. The molecule has 1 aliphatic heterocycles. The summed E-state index contributed by atoms with van der Waals surface area (Å²) in [4.78, 5) is 26.7. The van der Waals surface area contributed by atoms with Crippen LogP contribution >= 0.6 is 0 Å². The molecule has 19 heavy (non-hydrogen) atoms. The van der Waals surface area contributed by atoms with Crippen molar-refractivity contribution in [3.05, 3.63) is 34.6 Å². The molecule has 0 fully saturated rings. The molecule has 0 radical (unpaired) electrons. The summed E-state index contributed by atoms with van der Waals surface area (Å²) in [6.07, 6.45) is 4.65. The fourth-order valence-corrected chi connectivity index (χ4v) is 2.04. The number of fused-ring (bicyclic) bond motifs is 3. The van der Waals surface area contributed by atoms with Crippen molar-refractivity contribution in [2.24, 2.45) is 0 Å². The summed E-state index contributed by atoms with van der Waals surface area (Å²) < 4.78 is 8.84. The molecule has 0 amide bonds. The van der Waals surface area contributed by atoms with Gasteiger partial charge in [0, 0.05) is 25.9 Å². The molecule has 0 saturated carbocycles. The number of rotatable bonds is 2. The molecule has 2 aromatic rings. The quantitative estimate of drug-likeness (QED) is 0.569. The zero-order valence-electron chi connectivity index (χ0n) is 10.2. The lowest BCUT2D eigenvalue weighted by Gasteiger charge is -2.21. The SMILES string of the molecule is CC(=C=O)Oc1c2n(ncc1=O)CCn1ccnc1-2. The van der Waals surface area contributed by atoms with Gasteiger partial charge in [0.2, 0.25) is 11.2 Å². The molecule has 1 aliphatic rings. The van der Waals surface area contributed by atoms with Crippen molar-refractivity contribution in [2.75, 3.05) is 0 Å². The molecule has 2 aromatic heterocycles. The number of allylic oxidation sites excluding steroid dienone is 1. The lowest BCUT2D eigenvalue weighted by molar-refractivity contribution is 0.405. The second-order valence-corrected chi connectivity index (χ2v) is 4.11. The molecular formula is C12H10N4O3. The van der Waals surface area contributed by atoms with Crippen LogP contribution in [-0.2, 0) is 17.9 Å². The summed E-state index contributed by atoms with van der Waals surface area (Å²) in [6, 6.07) is 0. The number of aryl methyl sites for hydroxylation is 2. The van der Waals surface area contributed by atoms with E-state index < -0.39 is 5.43 Å². The van der Waals surface area contributed by atoms with Gasteiger partial charge in [-0.1, -0.05) is 0 Å². The standard InChI is InChI=1S/C12H10N4O3/c1-8(7-17)19-11-9(18)6-14-16-5-4-15-3-2-13-12(15)10(11)16/h2-3,6H,4-5H2,1H3. The van der Waals surface area contributed by atoms with Gasteiger partial charge in [-0.05, 0) is 0 Å². The van der Waals surface area contributed by atoms with Crippen LogP contribution in [0.5, 0.6) is 5.75 Å². The zero-order chi connectivity index (χ0) is 13.4. The van der Waals surface area contributed by atoms with Crippen LogP contribution in [0, 0.1) is 0 Å². The van der Waals surface area contributed by atoms with Gasteiger partial charge in [-0.2, -0.15) is 5.10 Å². The number of imidazole rings is 1. The Hall–Kier alpha value is -2.66. The van der Waals surface area contributed by atoms with E-state index >= 15 is 0 Å². The minimum absolute atomic E-state index is 0.00483. The highest BCUT2D eigenvalue weighted by Gasteiger charge is 2.24. The number of hydrogen-bond donors (Lipinski definition) is 0. The number of ether oxygens (including phenoxy) is 1. The van der Waals surface area contributed by atoms with E-state index in [0.717, 1.165) is 6.54 Å². The monoisotopic (exact) mass is 258 g/mol. The lowest BCUT2D eigenvalue weighted by atomic mass is 10.2. The Morgan fingerprint density at radius 2 is 2.32 bits per heavy atom. The molecule has 0 bridgehead atoms. The summed E-state index contributed by atoms with van der Waals surface area (Å²) in [5.74, 6) is 2.27. The third kappa shape index (κ3) is 1.76. The Morgan fingerprint density at radius 3 is 3.11 bits per heavy atom. The Bertz CT molecular complexity index is 753. The fourth-order valence-electron chi connectivity index (χ4n) is 2.04. The van der Waals surface area contributed by atoms with Crippen LogP contribution < -0.4 is 10.2 Å². The van der Waals surface area contributed by atoms with E-state index in [1.54, 1.807) is 16.8 Å². The lowest BCUT2D eigenvalue weighted by Crippen LogP contribution is -2.24. The van der Waals surface area contributed by atoms with Gasteiger partial charge >= 0.3 is 0 Å². The molecule has 7 nitrogen and oxygen atoms in total. The molecule has 0 saturated heterocycles. The van der Waals surface area contributed by atoms with Crippen molar-refractivity contribution >= 4 is 5.94 Å². The topological polar surface area (TPSA) is 79.0 Å². The first-order chi connectivity index (χ1) is 9.20. The first kappa shape index (κ1) is 11.4. The average Bonchev–Trinajstić information content (AvgIpc) is 2.89. The highest BCUT2D eigenvalue weighted by atomic mass is 16.5. The summed E-state index contributed by atoms with van der Waals surface area (Å²) in [6.45, 7) is 2.78. The van der Waals surface area contributed by atoms with E-state index in [1.165, 1.54) is 13.1 Å². The minimum Gasteiger partial charge on any atom is -0.444 e. The Balaban J connectivity index is 2.26. The van der Waals surface area contributed by atoms with Crippen LogP contribution in [-0.4, -0.2) is 25.3 Å². The average molecular weight is 258 g/mol. The molecule has 7 heteroatoms. The summed E-state index contributed by atoms with van der Waals surface area (Å²) in [7, 11) is 0. The smallest absolute Gasteiger partial charge is 0.243 e. The van der Waals surface area contributed by atoms with Crippen molar-refractivity contribution < 1.29 is 9.53 Å². The van der Waals surface area contributed by atoms with E-state index in [4.69, 9.17) is 4.74 Å². The molecule has 3 rings (SSSR count). The van der Waals surface area contributed by atoms with Gasteiger partial charge in [-0.25, -0.2) is 9.78 Å². The van der Waals surface area contributed by atoms with E-state index in [2.05, 4.69) is 10.1 Å². The highest BCUT2D eigenvalue weighted by Crippen LogP contribution is 2.28. The van der Waals surface area contributed by atoms with Crippen molar-refractivity contribution in [3.8, 4) is 17.3 Å². The maximum atomic E-state index is 11.9. The highest BCUT2D eigenvalue weighted by molar-refractivity contribution is 5.61. The van der Waals surface area contributed by atoms with Crippen LogP contribution in [0.25, 0.3) is 11.5 Å². The van der Waals surface area contributed by atoms with Gasteiger partial charge in [0.1, 0.15) is 5.69 Å². The van der Waals surface area contributed by atoms with E-state index in [9.17, 15) is 9.59 Å². The normalized spacial score (nSPS) is 12.3. The third-order valence-electron chi connectivity index (χ3n) is 2.89. The molecule has 0 aliphatic carbocycles. The minimum atomic E-state index is -0.391. The molecule has 0 N–H and O–H groups in total. The van der Waals surface area contributed by atoms with E-state index in [-0.39, 0.29) is 11.5 Å². The maximum absolute atomic E-state index is 11.9. The van der Waals surface area contributed by atoms with Crippen LogP contribution in [0.15, 0.2) is 29.1 Å². The molecule has 0 atom stereocenters. The molecule has 0 aromatic carbocycles. The first-order valence-electron chi connectivity index (χ1n) is 5.72. The summed E-state index contributed by atoms with van der Waals surface area (Å²) >= 11 is 0. The van der Waals surface area contributed by atoms with Crippen molar-refractivity contribution in [1.29, 1.82) is 0 Å². The second-order valence-electron chi connectivity index (χ2n) is 4.11. The van der Waals surface area contributed by atoms with Gasteiger partial charge in [0.15, 0.2) is 17.5 Å². The predicted octanol–water partition coefficient (Wildman–Crippen LogP) is 0.235. The van der Waals surface area contributed by atoms with Gasteiger partial charge in [-0.15, -0.1) is 0 Å².